The number of esters is 1. The number of benzene rings is 1. The fraction of sp³-hybridized carbons (Fsp3) is 0.619. The Balaban J connectivity index is 1.82. The highest BCUT2D eigenvalue weighted by atomic mass is 16.5. The summed E-state index contributed by atoms with van der Waals surface area (Å²) in [6, 6.07) is 8.35. The lowest BCUT2D eigenvalue weighted by molar-refractivity contribution is -0.146. The quantitative estimate of drug-likeness (QED) is 0.741. The van der Waals surface area contributed by atoms with Crippen molar-refractivity contribution in [2.75, 3.05) is 14.2 Å². The number of hydrogen-bond donors (Lipinski definition) is 0. The van der Waals surface area contributed by atoms with Crippen molar-refractivity contribution >= 4 is 5.97 Å². The van der Waals surface area contributed by atoms with Crippen LogP contribution in [0.1, 0.15) is 56.9 Å². The summed E-state index contributed by atoms with van der Waals surface area (Å²) in [4.78, 5) is 11.8. The van der Waals surface area contributed by atoms with Gasteiger partial charge in [0, 0.05) is 0 Å². The van der Waals surface area contributed by atoms with E-state index in [-0.39, 0.29) is 18.0 Å². The minimum Gasteiger partial charge on any atom is -0.493 e. The van der Waals surface area contributed by atoms with Crippen LogP contribution >= 0.6 is 0 Å². The number of carbonyl (C=O) groups is 1. The summed E-state index contributed by atoms with van der Waals surface area (Å²) in [5.74, 6) is 1.16. The Morgan fingerprint density at radius 1 is 1.12 bits per heavy atom. The van der Waals surface area contributed by atoms with Gasteiger partial charge in [0.25, 0.3) is 0 Å². The molecular weight excluding hydrogens is 330 g/mol. The molecule has 3 rings (SSSR count). The zero-order valence-corrected chi connectivity index (χ0v) is 15.6. The van der Waals surface area contributed by atoms with Gasteiger partial charge in [-0.05, 0) is 69.1 Å². The average molecular weight is 357 g/mol. The molecule has 0 unspecified atom stereocenters. The van der Waals surface area contributed by atoms with Crippen LogP contribution in [0.15, 0.2) is 18.2 Å². The molecule has 0 atom stereocenters. The van der Waals surface area contributed by atoms with Crippen LogP contribution in [0, 0.1) is 17.2 Å². The molecule has 26 heavy (non-hydrogen) atoms. The highest BCUT2D eigenvalue weighted by Crippen LogP contribution is 2.44. The summed E-state index contributed by atoms with van der Waals surface area (Å²) in [6.07, 6.45) is 7.41. The molecule has 2 aliphatic carbocycles. The predicted octanol–water partition coefficient (Wildman–Crippen LogP) is 4.14. The van der Waals surface area contributed by atoms with E-state index in [2.05, 4.69) is 6.07 Å². The minimum absolute atomic E-state index is 0.103. The van der Waals surface area contributed by atoms with Crippen molar-refractivity contribution in [1.82, 2.24) is 0 Å². The molecule has 0 aliphatic heterocycles. The van der Waals surface area contributed by atoms with Crippen molar-refractivity contribution in [2.45, 2.75) is 62.9 Å². The molecule has 0 amide bonds. The van der Waals surface area contributed by atoms with Gasteiger partial charge in [0.05, 0.1) is 37.7 Å². The van der Waals surface area contributed by atoms with Crippen LogP contribution < -0.4 is 9.47 Å². The zero-order chi connectivity index (χ0) is 18.6. The van der Waals surface area contributed by atoms with Gasteiger partial charge < -0.3 is 14.2 Å². The van der Waals surface area contributed by atoms with E-state index in [0.29, 0.717) is 31.4 Å². The molecule has 1 aromatic carbocycles. The third-order valence-electron chi connectivity index (χ3n) is 5.90. The fourth-order valence-corrected chi connectivity index (χ4v) is 4.23. The number of methoxy groups -OCH3 is 2. The maximum absolute atomic E-state index is 11.8. The van der Waals surface area contributed by atoms with E-state index in [0.717, 1.165) is 24.2 Å². The van der Waals surface area contributed by atoms with Gasteiger partial charge in [-0.1, -0.05) is 6.07 Å². The molecule has 0 bridgehead atoms. The molecule has 2 fully saturated rings. The fourth-order valence-electron chi connectivity index (χ4n) is 4.23. The maximum atomic E-state index is 11.8. The molecule has 2 aliphatic rings. The molecule has 0 radical (unpaired) electrons. The van der Waals surface area contributed by atoms with Gasteiger partial charge in [0.15, 0.2) is 11.5 Å². The summed E-state index contributed by atoms with van der Waals surface area (Å²) >= 11 is 0. The second-order valence-electron chi connectivity index (χ2n) is 7.38. The SMILES string of the molecule is COc1ccc([C@]2(C#N)CC[C@H](C(=O)OC)CC2)cc1OC1CCCC1. The summed E-state index contributed by atoms with van der Waals surface area (Å²) < 4.78 is 16.5. The largest absolute Gasteiger partial charge is 0.493 e. The molecule has 0 heterocycles. The number of carbonyl (C=O) groups excluding carboxylic acids is 1. The van der Waals surface area contributed by atoms with Crippen LogP contribution in [0.4, 0.5) is 0 Å². The molecule has 140 valence electrons. The second-order valence-corrected chi connectivity index (χ2v) is 7.38. The van der Waals surface area contributed by atoms with Crippen LogP contribution in [0.3, 0.4) is 0 Å². The lowest BCUT2D eigenvalue weighted by atomic mass is 9.67. The first-order valence-corrected chi connectivity index (χ1v) is 9.46. The number of nitriles is 1. The van der Waals surface area contributed by atoms with Crippen molar-refractivity contribution in [2.24, 2.45) is 5.92 Å². The molecular formula is C21H27NO4. The predicted molar refractivity (Wildman–Crippen MR) is 97.1 cm³/mol. The molecule has 1 aromatic rings. The average Bonchev–Trinajstić information content (AvgIpc) is 3.20. The lowest BCUT2D eigenvalue weighted by Gasteiger charge is -2.34. The summed E-state index contributed by atoms with van der Waals surface area (Å²) in [5.41, 5.74) is 0.377. The van der Waals surface area contributed by atoms with Crippen LogP contribution in [0.2, 0.25) is 0 Å². The van der Waals surface area contributed by atoms with E-state index >= 15 is 0 Å². The van der Waals surface area contributed by atoms with Gasteiger partial charge in [0.1, 0.15) is 0 Å². The van der Waals surface area contributed by atoms with Crippen LogP contribution in [-0.2, 0) is 14.9 Å². The summed E-state index contributed by atoms with van der Waals surface area (Å²) in [7, 11) is 3.06. The Bertz CT molecular complexity index is 680. The number of ether oxygens (including phenoxy) is 3. The standard InChI is InChI=1S/C21H27NO4/c1-24-18-8-7-16(13-19(18)26-17-5-3-4-6-17)21(14-22)11-9-15(10-12-21)20(23)25-2/h7-8,13,15,17H,3-6,9-12H2,1-2H3/t15-,21+. The van der Waals surface area contributed by atoms with Crippen molar-refractivity contribution in [3.63, 3.8) is 0 Å². The molecule has 0 N–H and O–H groups in total. The van der Waals surface area contributed by atoms with Gasteiger partial charge in [-0.2, -0.15) is 5.26 Å². The smallest absolute Gasteiger partial charge is 0.308 e. The Kier molecular flexibility index (Phi) is 5.70. The van der Waals surface area contributed by atoms with E-state index in [9.17, 15) is 10.1 Å². The minimum atomic E-state index is -0.579. The first kappa shape index (κ1) is 18.6. The number of nitrogens with zero attached hydrogens (tertiary/aromatic N) is 1. The number of hydrogen-bond acceptors (Lipinski definition) is 5. The van der Waals surface area contributed by atoms with Crippen LogP contribution in [0.5, 0.6) is 11.5 Å². The normalized spacial score (nSPS) is 26.1. The lowest BCUT2D eigenvalue weighted by Crippen LogP contribution is -2.33. The van der Waals surface area contributed by atoms with Crippen molar-refractivity contribution in [1.29, 1.82) is 5.26 Å². The van der Waals surface area contributed by atoms with Crippen molar-refractivity contribution < 1.29 is 19.0 Å². The molecule has 5 nitrogen and oxygen atoms in total. The van der Waals surface area contributed by atoms with Crippen LogP contribution in [-0.4, -0.2) is 26.3 Å². The van der Waals surface area contributed by atoms with Crippen molar-refractivity contribution in [3.8, 4) is 17.6 Å². The Hall–Kier alpha value is -2.22. The molecule has 0 spiro atoms. The van der Waals surface area contributed by atoms with Gasteiger partial charge in [-0.25, -0.2) is 0 Å². The van der Waals surface area contributed by atoms with Gasteiger partial charge in [-0.3, -0.25) is 4.79 Å². The highest BCUT2D eigenvalue weighted by molar-refractivity contribution is 5.72. The molecule has 5 heteroatoms. The first-order chi connectivity index (χ1) is 12.6. The molecule has 0 aromatic heterocycles. The van der Waals surface area contributed by atoms with E-state index < -0.39 is 5.41 Å². The Morgan fingerprint density at radius 3 is 2.38 bits per heavy atom. The zero-order valence-electron chi connectivity index (χ0n) is 15.6. The van der Waals surface area contributed by atoms with E-state index in [1.807, 2.05) is 18.2 Å². The summed E-state index contributed by atoms with van der Waals surface area (Å²) in [5, 5.41) is 9.94. The third kappa shape index (κ3) is 3.65. The second kappa shape index (κ2) is 7.99. The van der Waals surface area contributed by atoms with E-state index in [4.69, 9.17) is 14.2 Å². The van der Waals surface area contributed by atoms with Gasteiger partial charge in [0.2, 0.25) is 0 Å². The van der Waals surface area contributed by atoms with Crippen molar-refractivity contribution in [3.05, 3.63) is 23.8 Å². The Morgan fingerprint density at radius 2 is 1.81 bits per heavy atom. The topological polar surface area (TPSA) is 68.5 Å². The van der Waals surface area contributed by atoms with E-state index in [1.54, 1.807) is 7.11 Å². The Labute approximate surface area is 155 Å². The van der Waals surface area contributed by atoms with Gasteiger partial charge in [-0.15, -0.1) is 0 Å². The molecule has 0 saturated heterocycles. The highest BCUT2D eigenvalue weighted by Gasteiger charge is 2.40. The number of rotatable bonds is 5. The first-order valence-electron chi connectivity index (χ1n) is 9.46. The third-order valence-corrected chi connectivity index (χ3v) is 5.90. The van der Waals surface area contributed by atoms with E-state index in [1.165, 1.54) is 20.0 Å². The maximum Gasteiger partial charge on any atom is 0.308 e. The van der Waals surface area contributed by atoms with Crippen LogP contribution in [0.25, 0.3) is 0 Å². The summed E-state index contributed by atoms with van der Waals surface area (Å²) in [6.45, 7) is 0. The molecule has 2 saturated carbocycles. The monoisotopic (exact) mass is 357 g/mol. The van der Waals surface area contributed by atoms with Gasteiger partial charge >= 0.3 is 5.97 Å².